The smallest absolute Gasteiger partial charge is 0.321 e. The van der Waals surface area contributed by atoms with E-state index in [1.54, 1.807) is 31.4 Å². The molecular formula is C13H19N3O4. The summed E-state index contributed by atoms with van der Waals surface area (Å²) in [6.07, 6.45) is 0. The SMILES string of the molecule is COCCOCNC(=O)Nc1cccc(NC(C)=O)c1. The summed E-state index contributed by atoms with van der Waals surface area (Å²) in [4.78, 5) is 22.5. The predicted octanol–water partition coefficient (Wildman–Crippen LogP) is 1.39. The minimum atomic E-state index is -0.387. The lowest BCUT2D eigenvalue weighted by Crippen LogP contribution is -2.31. The number of benzene rings is 1. The number of methoxy groups -OCH3 is 1. The zero-order valence-electron chi connectivity index (χ0n) is 11.6. The summed E-state index contributed by atoms with van der Waals surface area (Å²) in [7, 11) is 1.57. The molecule has 0 radical (unpaired) electrons. The number of nitrogens with one attached hydrogen (secondary N) is 3. The highest BCUT2D eigenvalue weighted by Gasteiger charge is 2.02. The molecule has 0 spiro atoms. The molecular weight excluding hydrogens is 262 g/mol. The van der Waals surface area contributed by atoms with Gasteiger partial charge in [0.2, 0.25) is 5.91 Å². The Morgan fingerprint density at radius 3 is 2.50 bits per heavy atom. The van der Waals surface area contributed by atoms with Crippen molar-refractivity contribution in [2.24, 2.45) is 0 Å². The molecule has 3 amide bonds. The van der Waals surface area contributed by atoms with Gasteiger partial charge in [-0.15, -0.1) is 0 Å². The first-order valence-corrected chi connectivity index (χ1v) is 6.11. The summed E-state index contributed by atoms with van der Waals surface area (Å²) < 4.78 is 9.91. The molecule has 1 aromatic rings. The number of hydrogen-bond donors (Lipinski definition) is 3. The van der Waals surface area contributed by atoms with Crippen LogP contribution in [0.15, 0.2) is 24.3 Å². The van der Waals surface area contributed by atoms with E-state index in [-0.39, 0.29) is 18.7 Å². The van der Waals surface area contributed by atoms with Crippen LogP contribution in [-0.4, -0.2) is 39.0 Å². The molecule has 0 heterocycles. The lowest BCUT2D eigenvalue weighted by Gasteiger charge is -2.09. The highest BCUT2D eigenvalue weighted by Crippen LogP contribution is 2.14. The quantitative estimate of drug-likeness (QED) is 0.520. The Bertz CT molecular complexity index is 451. The van der Waals surface area contributed by atoms with Crippen LogP contribution < -0.4 is 16.0 Å². The van der Waals surface area contributed by atoms with Gasteiger partial charge >= 0.3 is 6.03 Å². The fourth-order valence-corrected chi connectivity index (χ4v) is 1.38. The third kappa shape index (κ3) is 6.72. The van der Waals surface area contributed by atoms with E-state index in [1.807, 2.05) is 0 Å². The lowest BCUT2D eigenvalue weighted by atomic mass is 10.3. The molecule has 0 saturated carbocycles. The summed E-state index contributed by atoms with van der Waals surface area (Å²) in [5, 5.41) is 7.80. The van der Waals surface area contributed by atoms with Gasteiger partial charge in [-0.25, -0.2) is 4.79 Å². The van der Waals surface area contributed by atoms with Crippen molar-refractivity contribution < 1.29 is 19.1 Å². The van der Waals surface area contributed by atoms with E-state index in [0.717, 1.165) is 0 Å². The third-order valence-electron chi connectivity index (χ3n) is 2.21. The molecule has 7 nitrogen and oxygen atoms in total. The molecule has 3 N–H and O–H groups in total. The van der Waals surface area contributed by atoms with Crippen molar-refractivity contribution in [1.82, 2.24) is 5.32 Å². The maximum absolute atomic E-state index is 11.6. The Balaban J connectivity index is 2.36. The number of urea groups is 1. The van der Waals surface area contributed by atoms with Gasteiger partial charge in [-0.05, 0) is 18.2 Å². The minimum Gasteiger partial charge on any atom is -0.382 e. The monoisotopic (exact) mass is 281 g/mol. The number of carbonyl (C=O) groups is 2. The highest BCUT2D eigenvalue weighted by atomic mass is 16.5. The normalized spacial score (nSPS) is 9.90. The van der Waals surface area contributed by atoms with Crippen LogP contribution in [0.25, 0.3) is 0 Å². The minimum absolute atomic E-state index is 0.0978. The molecule has 0 atom stereocenters. The van der Waals surface area contributed by atoms with Crippen molar-refractivity contribution >= 4 is 23.3 Å². The summed E-state index contributed by atoms with van der Waals surface area (Å²) in [6.45, 7) is 2.40. The zero-order chi connectivity index (χ0) is 14.8. The van der Waals surface area contributed by atoms with Gasteiger partial charge in [0.15, 0.2) is 0 Å². The van der Waals surface area contributed by atoms with Crippen molar-refractivity contribution in [3.63, 3.8) is 0 Å². The molecule has 0 saturated heterocycles. The molecule has 0 bridgehead atoms. The standard InChI is InChI=1S/C13H19N3O4/c1-10(17)15-11-4-3-5-12(8-11)16-13(18)14-9-20-7-6-19-2/h3-5,8H,6-7,9H2,1-2H3,(H,15,17)(H2,14,16,18). The van der Waals surface area contributed by atoms with Gasteiger partial charge in [0.05, 0.1) is 13.2 Å². The summed E-state index contributed by atoms with van der Waals surface area (Å²) >= 11 is 0. The van der Waals surface area contributed by atoms with Gasteiger partial charge in [0.1, 0.15) is 6.73 Å². The van der Waals surface area contributed by atoms with E-state index in [1.165, 1.54) is 6.92 Å². The van der Waals surface area contributed by atoms with Crippen LogP contribution in [0.3, 0.4) is 0 Å². The van der Waals surface area contributed by atoms with Gasteiger partial charge in [0.25, 0.3) is 0 Å². The van der Waals surface area contributed by atoms with E-state index in [2.05, 4.69) is 16.0 Å². The Morgan fingerprint density at radius 1 is 1.15 bits per heavy atom. The lowest BCUT2D eigenvalue weighted by molar-refractivity contribution is -0.114. The van der Waals surface area contributed by atoms with E-state index < -0.39 is 0 Å². The van der Waals surface area contributed by atoms with Crippen molar-refractivity contribution in [1.29, 1.82) is 0 Å². The van der Waals surface area contributed by atoms with Crippen LogP contribution in [0, 0.1) is 0 Å². The fourth-order valence-electron chi connectivity index (χ4n) is 1.38. The van der Waals surface area contributed by atoms with Crippen LogP contribution in [-0.2, 0) is 14.3 Å². The third-order valence-corrected chi connectivity index (χ3v) is 2.21. The number of anilines is 2. The molecule has 7 heteroatoms. The van der Waals surface area contributed by atoms with E-state index in [0.29, 0.717) is 24.6 Å². The van der Waals surface area contributed by atoms with Gasteiger partial charge in [0, 0.05) is 25.4 Å². The number of rotatable bonds is 7. The number of hydrogen-bond acceptors (Lipinski definition) is 4. The first kappa shape index (κ1) is 15.9. The molecule has 0 aliphatic rings. The molecule has 1 rings (SSSR count). The molecule has 1 aromatic carbocycles. The molecule has 0 aliphatic carbocycles. The Morgan fingerprint density at radius 2 is 1.85 bits per heavy atom. The summed E-state index contributed by atoms with van der Waals surface area (Å²) in [6, 6.07) is 6.46. The van der Waals surface area contributed by atoms with Crippen LogP contribution >= 0.6 is 0 Å². The van der Waals surface area contributed by atoms with E-state index in [9.17, 15) is 9.59 Å². The first-order chi connectivity index (χ1) is 9.61. The fraction of sp³-hybridized carbons (Fsp3) is 0.385. The van der Waals surface area contributed by atoms with Crippen LogP contribution in [0.4, 0.5) is 16.2 Å². The average Bonchev–Trinajstić information content (AvgIpc) is 2.38. The van der Waals surface area contributed by atoms with Crippen molar-refractivity contribution in [2.45, 2.75) is 6.92 Å². The van der Waals surface area contributed by atoms with Gasteiger partial charge < -0.3 is 25.4 Å². The Hall–Kier alpha value is -2.12. The second-order valence-corrected chi connectivity index (χ2v) is 3.94. The van der Waals surface area contributed by atoms with Gasteiger partial charge in [-0.2, -0.15) is 0 Å². The molecule has 20 heavy (non-hydrogen) atoms. The molecule has 0 aromatic heterocycles. The summed E-state index contributed by atoms with van der Waals surface area (Å²) in [5.41, 5.74) is 1.19. The Labute approximate surface area is 117 Å². The largest absolute Gasteiger partial charge is 0.382 e. The number of amides is 3. The Kier molecular flexibility index (Phi) is 7.08. The predicted molar refractivity (Wildman–Crippen MR) is 75.6 cm³/mol. The van der Waals surface area contributed by atoms with E-state index >= 15 is 0 Å². The van der Waals surface area contributed by atoms with Crippen LogP contribution in [0.1, 0.15) is 6.92 Å². The summed E-state index contributed by atoms with van der Waals surface area (Å²) in [5.74, 6) is -0.168. The maximum Gasteiger partial charge on any atom is 0.321 e. The molecule has 0 aliphatic heterocycles. The van der Waals surface area contributed by atoms with E-state index in [4.69, 9.17) is 9.47 Å². The van der Waals surface area contributed by atoms with Gasteiger partial charge in [-0.3, -0.25) is 4.79 Å². The van der Waals surface area contributed by atoms with Crippen molar-refractivity contribution in [3.8, 4) is 0 Å². The zero-order valence-corrected chi connectivity index (χ0v) is 11.6. The van der Waals surface area contributed by atoms with Crippen molar-refractivity contribution in [3.05, 3.63) is 24.3 Å². The topological polar surface area (TPSA) is 88.7 Å². The first-order valence-electron chi connectivity index (χ1n) is 6.11. The van der Waals surface area contributed by atoms with Gasteiger partial charge in [-0.1, -0.05) is 6.07 Å². The molecule has 0 fully saturated rings. The van der Waals surface area contributed by atoms with Crippen LogP contribution in [0.5, 0.6) is 0 Å². The number of carbonyl (C=O) groups excluding carboxylic acids is 2. The molecule has 110 valence electrons. The maximum atomic E-state index is 11.6. The average molecular weight is 281 g/mol. The van der Waals surface area contributed by atoms with Crippen molar-refractivity contribution in [2.75, 3.05) is 37.7 Å². The number of ether oxygens (including phenoxy) is 2. The second kappa shape index (κ2) is 8.89. The highest BCUT2D eigenvalue weighted by molar-refractivity contribution is 5.92. The molecule has 0 unspecified atom stereocenters. The van der Waals surface area contributed by atoms with Crippen LogP contribution in [0.2, 0.25) is 0 Å². The second-order valence-electron chi connectivity index (χ2n) is 3.94.